The first-order chi connectivity index (χ1) is 9.69. The quantitative estimate of drug-likeness (QED) is 0.557. The molecule has 0 heterocycles. The van der Waals surface area contributed by atoms with E-state index in [9.17, 15) is 4.79 Å². The molecule has 0 spiro atoms. The lowest BCUT2D eigenvalue weighted by Crippen LogP contribution is -2.50. The molecule has 0 bridgehead atoms. The summed E-state index contributed by atoms with van der Waals surface area (Å²) in [6, 6.07) is 15.7. The van der Waals surface area contributed by atoms with Gasteiger partial charge in [0.05, 0.1) is 11.4 Å². The highest BCUT2D eigenvalue weighted by Gasteiger charge is 2.04. The molecule has 2 rings (SSSR count). The summed E-state index contributed by atoms with van der Waals surface area (Å²) >= 11 is 0. The fraction of sp³-hybridized carbons (Fsp3) is 0.133. The smallest absolute Gasteiger partial charge is 0.226 e. The van der Waals surface area contributed by atoms with Crippen molar-refractivity contribution in [2.45, 2.75) is 13.8 Å². The highest BCUT2D eigenvalue weighted by atomic mass is 16.1. The predicted octanol–water partition coefficient (Wildman–Crippen LogP) is 2.30. The number of nitrogens with zero attached hydrogens (tertiary/aromatic N) is 1. The maximum atomic E-state index is 10.7. The van der Waals surface area contributed by atoms with Gasteiger partial charge in [0.25, 0.3) is 0 Å². The number of amides is 1. The molecule has 0 radical (unpaired) electrons. The Morgan fingerprint density at radius 2 is 1.45 bits per heavy atom. The molecule has 0 unspecified atom stereocenters. The molecule has 3 N–H and O–H groups in total. The van der Waals surface area contributed by atoms with Crippen molar-refractivity contribution in [3.05, 3.63) is 59.7 Å². The van der Waals surface area contributed by atoms with Gasteiger partial charge >= 0.3 is 0 Å². The third kappa shape index (κ3) is 3.73. The maximum absolute atomic E-state index is 10.7. The van der Waals surface area contributed by atoms with Gasteiger partial charge in [0.2, 0.25) is 6.41 Å². The van der Waals surface area contributed by atoms with Crippen molar-refractivity contribution in [3.63, 3.8) is 0 Å². The Kier molecular flexibility index (Phi) is 4.57. The number of aryl methyl sites for hydroxylation is 2. The molecule has 0 aliphatic carbocycles. The number of hydrazine groups is 3. The zero-order valence-corrected chi connectivity index (χ0v) is 11.6. The van der Waals surface area contributed by atoms with Crippen LogP contribution in [0.3, 0.4) is 0 Å². The maximum Gasteiger partial charge on any atom is 0.226 e. The number of carbonyl (C=O) groups excluding carboxylic acids is 1. The summed E-state index contributed by atoms with van der Waals surface area (Å²) in [5, 5.41) is 1.51. The molecule has 1 amide bonds. The number of hydrogen-bond acceptors (Lipinski definition) is 4. The summed E-state index contributed by atoms with van der Waals surface area (Å²) in [4.78, 5) is 10.7. The lowest BCUT2D eigenvalue weighted by molar-refractivity contribution is -0.109. The van der Waals surface area contributed by atoms with Crippen molar-refractivity contribution < 1.29 is 4.79 Å². The monoisotopic (exact) mass is 270 g/mol. The van der Waals surface area contributed by atoms with Crippen molar-refractivity contribution in [1.29, 1.82) is 0 Å². The van der Waals surface area contributed by atoms with Crippen LogP contribution in [-0.4, -0.2) is 6.41 Å². The molecule has 0 aliphatic rings. The Morgan fingerprint density at radius 1 is 0.900 bits per heavy atom. The van der Waals surface area contributed by atoms with Crippen LogP contribution in [0.15, 0.2) is 48.5 Å². The fourth-order valence-corrected chi connectivity index (χ4v) is 1.68. The number of rotatable bonds is 6. The molecule has 2 aromatic rings. The fourth-order valence-electron chi connectivity index (χ4n) is 1.68. The first-order valence-corrected chi connectivity index (χ1v) is 6.34. The average Bonchev–Trinajstić information content (AvgIpc) is 2.46. The number of benzene rings is 2. The molecular weight excluding hydrogens is 252 g/mol. The van der Waals surface area contributed by atoms with Crippen LogP contribution < -0.4 is 21.5 Å². The van der Waals surface area contributed by atoms with Crippen LogP contribution >= 0.6 is 0 Å². The van der Waals surface area contributed by atoms with Gasteiger partial charge in [0.15, 0.2) is 0 Å². The highest BCUT2D eigenvalue weighted by Crippen LogP contribution is 2.12. The minimum atomic E-state index is 0.615. The standard InChI is InChI=1S/C15H18N4O/c1-12-3-7-14(8-4-12)17-18-19(16-11-20)15-9-5-13(2)6-10-15/h3-11,17-18H,1-2H3,(H,16,20). The Bertz CT molecular complexity index is 551. The Balaban J connectivity index is 2.03. The summed E-state index contributed by atoms with van der Waals surface area (Å²) in [6.45, 7) is 4.04. The van der Waals surface area contributed by atoms with E-state index in [0.717, 1.165) is 16.9 Å². The van der Waals surface area contributed by atoms with Gasteiger partial charge < -0.3 is 5.43 Å². The van der Waals surface area contributed by atoms with Gasteiger partial charge in [-0.3, -0.25) is 10.2 Å². The molecular formula is C15H18N4O. The molecule has 0 aliphatic heterocycles. The van der Waals surface area contributed by atoms with Gasteiger partial charge in [-0.15, -0.1) is 5.53 Å². The van der Waals surface area contributed by atoms with E-state index >= 15 is 0 Å². The lowest BCUT2D eigenvalue weighted by atomic mass is 10.2. The van der Waals surface area contributed by atoms with Gasteiger partial charge in [-0.25, -0.2) is 0 Å². The molecule has 2 aromatic carbocycles. The second kappa shape index (κ2) is 6.58. The summed E-state index contributed by atoms with van der Waals surface area (Å²) in [6.07, 6.45) is 0.615. The number of hydrogen-bond donors (Lipinski definition) is 3. The average molecular weight is 270 g/mol. The third-order valence-corrected chi connectivity index (χ3v) is 2.84. The van der Waals surface area contributed by atoms with Crippen LogP contribution in [0, 0.1) is 13.8 Å². The van der Waals surface area contributed by atoms with E-state index in [-0.39, 0.29) is 0 Å². The van der Waals surface area contributed by atoms with Gasteiger partial charge in [-0.2, -0.15) is 5.12 Å². The molecule has 0 fully saturated rings. The third-order valence-electron chi connectivity index (χ3n) is 2.84. The van der Waals surface area contributed by atoms with E-state index < -0.39 is 0 Å². The zero-order valence-electron chi connectivity index (χ0n) is 11.6. The largest absolute Gasteiger partial charge is 0.302 e. The summed E-state index contributed by atoms with van der Waals surface area (Å²) in [7, 11) is 0. The van der Waals surface area contributed by atoms with E-state index in [4.69, 9.17) is 0 Å². The van der Waals surface area contributed by atoms with Crippen LogP contribution in [0.2, 0.25) is 0 Å². The van der Waals surface area contributed by atoms with Crippen LogP contribution in [0.25, 0.3) is 0 Å². The minimum absolute atomic E-state index is 0.615. The predicted molar refractivity (Wildman–Crippen MR) is 80.8 cm³/mol. The van der Waals surface area contributed by atoms with Crippen molar-refractivity contribution in [2.24, 2.45) is 0 Å². The van der Waals surface area contributed by atoms with E-state index in [1.165, 1.54) is 10.7 Å². The molecule has 0 aromatic heterocycles. The molecule has 0 atom stereocenters. The first-order valence-electron chi connectivity index (χ1n) is 6.34. The lowest BCUT2D eigenvalue weighted by Gasteiger charge is -2.24. The number of anilines is 2. The van der Waals surface area contributed by atoms with Crippen LogP contribution in [0.5, 0.6) is 0 Å². The van der Waals surface area contributed by atoms with Crippen molar-refractivity contribution in [3.8, 4) is 0 Å². The SMILES string of the molecule is Cc1ccc(NNN(NC=O)c2ccc(C)cc2)cc1. The molecule has 0 saturated carbocycles. The Hall–Kier alpha value is -2.53. The molecule has 20 heavy (non-hydrogen) atoms. The Labute approximate surface area is 118 Å². The summed E-state index contributed by atoms with van der Waals surface area (Å²) in [5.74, 6) is 0. The first kappa shape index (κ1) is 13.9. The summed E-state index contributed by atoms with van der Waals surface area (Å²) < 4.78 is 0. The van der Waals surface area contributed by atoms with Crippen molar-refractivity contribution in [1.82, 2.24) is 11.0 Å². The Morgan fingerprint density at radius 3 is 2.00 bits per heavy atom. The van der Waals surface area contributed by atoms with Crippen molar-refractivity contribution >= 4 is 17.8 Å². The second-order valence-electron chi connectivity index (χ2n) is 4.52. The normalized spacial score (nSPS) is 9.90. The minimum Gasteiger partial charge on any atom is -0.302 e. The van der Waals surface area contributed by atoms with E-state index in [2.05, 4.69) is 16.4 Å². The number of carbonyl (C=O) groups is 1. The van der Waals surface area contributed by atoms with Crippen LogP contribution in [0.1, 0.15) is 11.1 Å². The van der Waals surface area contributed by atoms with E-state index in [0.29, 0.717) is 6.41 Å². The molecule has 0 saturated heterocycles. The molecule has 5 heteroatoms. The van der Waals surface area contributed by atoms with Crippen LogP contribution in [-0.2, 0) is 4.79 Å². The second-order valence-corrected chi connectivity index (χ2v) is 4.52. The molecule has 5 nitrogen and oxygen atoms in total. The van der Waals surface area contributed by atoms with E-state index in [1.807, 2.05) is 62.4 Å². The zero-order chi connectivity index (χ0) is 14.4. The van der Waals surface area contributed by atoms with Gasteiger partial charge in [-0.05, 0) is 38.1 Å². The van der Waals surface area contributed by atoms with Crippen LogP contribution in [0.4, 0.5) is 11.4 Å². The highest BCUT2D eigenvalue weighted by molar-refractivity contribution is 5.55. The van der Waals surface area contributed by atoms with Gasteiger partial charge in [-0.1, -0.05) is 35.4 Å². The molecule has 104 valence electrons. The van der Waals surface area contributed by atoms with E-state index in [1.54, 1.807) is 0 Å². The van der Waals surface area contributed by atoms with Gasteiger partial charge in [0.1, 0.15) is 0 Å². The number of nitrogens with one attached hydrogen (secondary N) is 3. The topological polar surface area (TPSA) is 56.4 Å². The van der Waals surface area contributed by atoms with Crippen molar-refractivity contribution in [2.75, 3.05) is 10.5 Å². The summed E-state index contributed by atoms with van der Waals surface area (Å²) in [5.41, 5.74) is 12.6. The van der Waals surface area contributed by atoms with Gasteiger partial charge in [0, 0.05) is 0 Å².